The van der Waals surface area contributed by atoms with E-state index in [1.807, 2.05) is 0 Å². The van der Waals surface area contributed by atoms with Gasteiger partial charge in [0, 0.05) is 0 Å². The van der Waals surface area contributed by atoms with E-state index >= 15 is 0 Å². The number of hydrogen-bond donors (Lipinski definition) is 0. The first-order chi connectivity index (χ1) is 13.5. The molecule has 28 heavy (non-hydrogen) atoms. The van der Waals surface area contributed by atoms with Gasteiger partial charge < -0.3 is 0 Å². The van der Waals surface area contributed by atoms with Crippen molar-refractivity contribution in [3.63, 3.8) is 0 Å². The van der Waals surface area contributed by atoms with E-state index in [-0.39, 0.29) is 0 Å². The monoisotopic (exact) mass is 364 g/mol. The minimum absolute atomic E-state index is 0.558. The lowest BCUT2D eigenvalue weighted by Gasteiger charge is -2.09. The van der Waals surface area contributed by atoms with Crippen LogP contribution in [0.25, 0.3) is 33.7 Å². The average Bonchev–Trinajstić information content (AvgIpc) is 2.71. The molecule has 140 valence electrons. The van der Waals surface area contributed by atoms with E-state index in [0.717, 1.165) is 0 Å². The molecule has 0 bridgehead atoms. The maximum absolute atomic E-state index is 2.33. The minimum Gasteiger partial charge on any atom is -0.0587 e. The zero-order valence-corrected chi connectivity index (χ0v) is 17.2. The highest BCUT2D eigenvalue weighted by atomic mass is 14.1. The quantitative estimate of drug-likeness (QED) is 0.252. The molecule has 0 heteroatoms. The molecule has 0 atom stereocenters. The Hall–Kier alpha value is -2.86. The van der Waals surface area contributed by atoms with Crippen molar-refractivity contribution in [2.45, 2.75) is 39.5 Å². The summed E-state index contributed by atoms with van der Waals surface area (Å²) in [6, 6.07) is 27.0. The first kappa shape index (κ1) is 18.5. The van der Waals surface area contributed by atoms with E-state index in [0.29, 0.717) is 11.8 Å². The van der Waals surface area contributed by atoms with Gasteiger partial charge in [0.25, 0.3) is 0 Å². The lowest BCUT2D eigenvalue weighted by atomic mass is 9.95. The molecule has 0 spiro atoms. The van der Waals surface area contributed by atoms with Gasteiger partial charge in [0.2, 0.25) is 0 Å². The Morgan fingerprint density at radius 3 is 1.64 bits per heavy atom. The summed E-state index contributed by atoms with van der Waals surface area (Å²) in [6.07, 6.45) is 4.40. The predicted molar refractivity (Wildman–Crippen MR) is 125 cm³/mol. The van der Waals surface area contributed by atoms with Crippen LogP contribution in [0.5, 0.6) is 0 Å². The molecule has 0 radical (unpaired) electrons. The van der Waals surface area contributed by atoms with Crippen LogP contribution < -0.4 is 0 Å². The van der Waals surface area contributed by atoms with Gasteiger partial charge in [-0.15, -0.1) is 0 Å². The molecule has 0 aliphatic rings. The average molecular weight is 365 g/mol. The second-order valence-electron chi connectivity index (χ2n) is 8.34. The molecular weight excluding hydrogens is 336 g/mol. The highest BCUT2D eigenvalue weighted by molar-refractivity contribution is 6.08. The molecule has 4 rings (SSSR count). The molecule has 0 amide bonds. The third-order valence-electron chi connectivity index (χ3n) is 5.62. The van der Waals surface area contributed by atoms with Crippen molar-refractivity contribution in [2.24, 2.45) is 0 Å². The first-order valence-electron chi connectivity index (χ1n) is 10.3. The fraction of sp³-hybridized carbons (Fsp3) is 0.214. The summed E-state index contributed by atoms with van der Waals surface area (Å²) >= 11 is 0. The van der Waals surface area contributed by atoms with Crippen LogP contribution in [0.3, 0.4) is 0 Å². The summed E-state index contributed by atoms with van der Waals surface area (Å²) < 4.78 is 0. The Morgan fingerprint density at radius 2 is 1.00 bits per heavy atom. The summed E-state index contributed by atoms with van der Waals surface area (Å²) in [5.41, 5.74) is 5.26. The Kier molecular flexibility index (Phi) is 5.05. The number of fused-ring (bicyclic) bond motifs is 3. The van der Waals surface area contributed by atoms with Crippen LogP contribution in [0, 0.1) is 0 Å². The van der Waals surface area contributed by atoms with E-state index in [2.05, 4.69) is 113 Å². The molecule has 0 aliphatic carbocycles. The van der Waals surface area contributed by atoms with Gasteiger partial charge in [0.05, 0.1) is 0 Å². The molecule has 0 N–H and O–H groups in total. The van der Waals surface area contributed by atoms with Crippen LogP contribution in [0.1, 0.15) is 61.8 Å². The van der Waals surface area contributed by atoms with E-state index in [4.69, 9.17) is 0 Å². The van der Waals surface area contributed by atoms with E-state index in [1.165, 1.54) is 43.8 Å². The maximum atomic E-state index is 2.33. The van der Waals surface area contributed by atoms with E-state index < -0.39 is 0 Å². The van der Waals surface area contributed by atoms with Crippen LogP contribution in [-0.2, 0) is 0 Å². The van der Waals surface area contributed by atoms with Gasteiger partial charge in [-0.2, -0.15) is 0 Å². The topological polar surface area (TPSA) is 0 Å². The standard InChI is InChI=1S/C28H28/c1-19(2)23-10-7-21(8-11-23)5-6-22-9-15-27-25(17-22)12-13-26-18-24(20(3)4)14-16-28(26)27/h5-20H,1-4H3. The normalized spacial score (nSPS) is 12.1. The Bertz CT molecular complexity index is 1140. The predicted octanol–water partition coefficient (Wildman–Crippen LogP) is 8.41. The highest BCUT2D eigenvalue weighted by Gasteiger charge is 2.04. The Balaban J connectivity index is 1.65. The molecule has 0 nitrogen and oxygen atoms in total. The zero-order chi connectivity index (χ0) is 19.7. The lowest BCUT2D eigenvalue weighted by Crippen LogP contribution is -1.87. The summed E-state index contributed by atoms with van der Waals surface area (Å²) in [5.74, 6) is 1.13. The molecule has 0 fully saturated rings. The highest BCUT2D eigenvalue weighted by Crippen LogP contribution is 2.29. The summed E-state index contributed by atoms with van der Waals surface area (Å²) in [4.78, 5) is 0. The number of benzene rings is 4. The molecule has 0 unspecified atom stereocenters. The van der Waals surface area contributed by atoms with Crippen LogP contribution in [-0.4, -0.2) is 0 Å². The van der Waals surface area contributed by atoms with Gasteiger partial charge in [0.15, 0.2) is 0 Å². The van der Waals surface area contributed by atoms with Crippen molar-refractivity contribution in [1.29, 1.82) is 0 Å². The summed E-state index contributed by atoms with van der Waals surface area (Å²) in [5, 5.41) is 5.28. The molecule has 0 aliphatic heterocycles. The first-order valence-corrected chi connectivity index (χ1v) is 10.3. The molecule has 0 aromatic heterocycles. The van der Waals surface area contributed by atoms with Crippen molar-refractivity contribution in [3.05, 3.63) is 95.1 Å². The second kappa shape index (κ2) is 7.64. The number of hydrogen-bond acceptors (Lipinski definition) is 0. The van der Waals surface area contributed by atoms with Gasteiger partial charge in [-0.25, -0.2) is 0 Å². The maximum Gasteiger partial charge on any atom is -0.0105 e. The molecule has 4 aromatic rings. The van der Waals surface area contributed by atoms with Crippen LogP contribution in [0.2, 0.25) is 0 Å². The van der Waals surface area contributed by atoms with Crippen molar-refractivity contribution in [1.82, 2.24) is 0 Å². The van der Waals surface area contributed by atoms with E-state index in [1.54, 1.807) is 0 Å². The zero-order valence-electron chi connectivity index (χ0n) is 17.2. The van der Waals surface area contributed by atoms with Gasteiger partial charge in [-0.05, 0) is 61.7 Å². The van der Waals surface area contributed by atoms with Crippen molar-refractivity contribution in [3.8, 4) is 0 Å². The second-order valence-corrected chi connectivity index (χ2v) is 8.34. The van der Waals surface area contributed by atoms with E-state index in [9.17, 15) is 0 Å². The van der Waals surface area contributed by atoms with Gasteiger partial charge >= 0.3 is 0 Å². The Labute approximate surface area is 168 Å². The molecule has 4 aromatic carbocycles. The Morgan fingerprint density at radius 1 is 0.500 bits per heavy atom. The SMILES string of the molecule is CC(C)c1ccc(C=Cc2ccc3c(ccc4cc(C(C)C)ccc43)c2)cc1. The molecule has 0 saturated carbocycles. The largest absolute Gasteiger partial charge is 0.0587 e. The molecular formula is C28H28. The summed E-state index contributed by atoms with van der Waals surface area (Å²) in [6.45, 7) is 8.95. The summed E-state index contributed by atoms with van der Waals surface area (Å²) in [7, 11) is 0. The molecule has 0 heterocycles. The third kappa shape index (κ3) is 3.73. The number of rotatable bonds is 4. The van der Waals surface area contributed by atoms with Crippen LogP contribution in [0.15, 0.2) is 72.8 Å². The molecule has 0 saturated heterocycles. The van der Waals surface area contributed by atoms with Gasteiger partial charge in [-0.1, -0.05) is 107 Å². The minimum atomic E-state index is 0.558. The van der Waals surface area contributed by atoms with Crippen molar-refractivity contribution in [2.75, 3.05) is 0 Å². The smallest absolute Gasteiger partial charge is 0.0105 e. The van der Waals surface area contributed by atoms with Crippen molar-refractivity contribution < 1.29 is 0 Å². The fourth-order valence-corrected chi connectivity index (χ4v) is 3.76. The lowest BCUT2D eigenvalue weighted by molar-refractivity contribution is 0.866. The third-order valence-corrected chi connectivity index (χ3v) is 5.62. The van der Waals surface area contributed by atoms with Gasteiger partial charge in [0.1, 0.15) is 0 Å². The van der Waals surface area contributed by atoms with Crippen LogP contribution >= 0.6 is 0 Å². The van der Waals surface area contributed by atoms with Gasteiger partial charge in [-0.3, -0.25) is 0 Å². The van der Waals surface area contributed by atoms with Crippen LogP contribution in [0.4, 0.5) is 0 Å². The fourth-order valence-electron chi connectivity index (χ4n) is 3.76. The van der Waals surface area contributed by atoms with Crippen molar-refractivity contribution >= 4 is 33.7 Å².